The van der Waals surface area contributed by atoms with Gasteiger partial charge in [0.1, 0.15) is 6.07 Å². The Labute approximate surface area is 170 Å². The number of rotatable bonds is 8. The summed E-state index contributed by atoms with van der Waals surface area (Å²) in [7, 11) is 0. The highest BCUT2D eigenvalue weighted by atomic mass is 16.7. The zero-order valence-electron chi connectivity index (χ0n) is 14.7. The standard InChI is InChI=1S/C12H4N6O14/c19-10-5(14(22)23)3-8(17(28)29)12(9(10)18(30)31)32-11-6(15(24)25)1-4(13(20)21)2-7(11)16(26)27/h1-3,19H. The van der Waals surface area contributed by atoms with Crippen LogP contribution in [0.25, 0.3) is 0 Å². The third-order valence-electron chi connectivity index (χ3n) is 3.61. The molecule has 0 aliphatic carbocycles. The summed E-state index contributed by atoms with van der Waals surface area (Å²) in [6.07, 6.45) is 0. The minimum atomic E-state index is -1.81. The molecule has 2 aromatic rings. The lowest BCUT2D eigenvalue weighted by molar-refractivity contribution is -0.407. The molecule has 0 saturated heterocycles. The summed E-state index contributed by atoms with van der Waals surface area (Å²) >= 11 is 0. The number of ether oxygens (including phenoxy) is 1. The smallest absolute Gasteiger partial charge is 0.367 e. The fraction of sp³-hybridized carbons (Fsp3) is 0. The lowest BCUT2D eigenvalue weighted by atomic mass is 10.2. The van der Waals surface area contributed by atoms with Gasteiger partial charge in [-0.15, -0.1) is 0 Å². The van der Waals surface area contributed by atoms with E-state index in [0.29, 0.717) is 0 Å². The van der Waals surface area contributed by atoms with Crippen molar-refractivity contribution in [3.05, 3.63) is 78.9 Å². The molecule has 0 bridgehead atoms. The van der Waals surface area contributed by atoms with Crippen molar-refractivity contribution in [2.75, 3.05) is 0 Å². The van der Waals surface area contributed by atoms with Crippen molar-refractivity contribution in [3.8, 4) is 17.2 Å². The molecule has 0 amide bonds. The fourth-order valence-corrected chi connectivity index (χ4v) is 2.33. The Balaban J connectivity index is 3.00. The molecule has 0 saturated carbocycles. The number of aromatic hydroxyl groups is 1. The van der Waals surface area contributed by atoms with Crippen molar-refractivity contribution < 1.29 is 39.4 Å². The van der Waals surface area contributed by atoms with Crippen molar-refractivity contribution in [1.82, 2.24) is 0 Å². The van der Waals surface area contributed by atoms with Crippen LogP contribution in [-0.2, 0) is 0 Å². The van der Waals surface area contributed by atoms with E-state index in [-0.39, 0.29) is 18.2 Å². The Hall–Kier alpha value is -5.56. The van der Waals surface area contributed by atoms with Gasteiger partial charge >= 0.3 is 28.4 Å². The first kappa shape index (κ1) is 22.7. The molecule has 0 unspecified atom stereocenters. The lowest BCUT2D eigenvalue weighted by Crippen LogP contribution is -2.05. The van der Waals surface area contributed by atoms with Gasteiger partial charge in [-0.1, -0.05) is 0 Å². The molecule has 0 heterocycles. The van der Waals surface area contributed by atoms with Crippen molar-refractivity contribution >= 4 is 34.1 Å². The number of phenolic OH excluding ortho intramolecular Hbond substituents is 1. The normalized spacial score (nSPS) is 10.2. The minimum absolute atomic E-state index is 0.0146. The molecule has 1 N–H and O–H groups in total. The van der Waals surface area contributed by atoms with E-state index in [2.05, 4.69) is 0 Å². The van der Waals surface area contributed by atoms with Crippen molar-refractivity contribution in [2.45, 2.75) is 0 Å². The van der Waals surface area contributed by atoms with E-state index in [1.54, 1.807) is 0 Å². The van der Waals surface area contributed by atoms with Crippen LogP contribution in [0.1, 0.15) is 0 Å². The molecule has 0 radical (unpaired) electrons. The van der Waals surface area contributed by atoms with Crippen molar-refractivity contribution in [2.24, 2.45) is 0 Å². The van der Waals surface area contributed by atoms with Crippen molar-refractivity contribution in [3.63, 3.8) is 0 Å². The highest BCUT2D eigenvalue weighted by Gasteiger charge is 2.42. The molecule has 20 heteroatoms. The summed E-state index contributed by atoms with van der Waals surface area (Å²) in [5, 5.41) is 76.9. The Morgan fingerprint density at radius 1 is 0.562 bits per heavy atom. The summed E-state index contributed by atoms with van der Waals surface area (Å²) in [5.41, 5.74) is -9.04. The van der Waals surface area contributed by atoms with Crippen LogP contribution in [0.5, 0.6) is 17.2 Å². The van der Waals surface area contributed by atoms with E-state index in [1.807, 2.05) is 0 Å². The van der Waals surface area contributed by atoms with E-state index in [9.17, 15) is 65.8 Å². The van der Waals surface area contributed by atoms with Gasteiger partial charge in [-0.25, -0.2) is 0 Å². The molecule has 2 aromatic carbocycles. The first-order valence-electron chi connectivity index (χ1n) is 7.40. The maximum atomic E-state index is 11.3. The van der Waals surface area contributed by atoms with Gasteiger partial charge in [0.2, 0.25) is 0 Å². The van der Waals surface area contributed by atoms with Crippen LogP contribution in [0.4, 0.5) is 34.1 Å². The number of nitro benzene ring substituents is 6. The maximum absolute atomic E-state index is 11.3. The van der Waals surface area contributed by atoms with Crippen LogP contribution in [0.3, 0.4) is 0 Å². The zero-order chi connectivity index (χ0) is 24.5. The fourth-order valence-electron chi connectivity index (χ4n) is 2.33. The van der Waals surface area contributed by atoms with Gasteiger partial charge in [0, 0.05) is 0 Å². The van der Waals surface area contributed by atoms with E-state index < -0.39 is 80.9 Å². The first-order chi connectivity index (χ1) is 14.8. The van der Waals surface area contributed by atoms with Gasteiger partial charge in [0.25, 0.3) is 22.9 Å². The number of nitrogens with zero attached hydrogens (tertiary/aromatic N) is 6. The molecule has 20 nitrogen and oxygen atoms in total. The molecule has 32 heavy (non-hydrogen) atoms. The lowest BCUT2D eigenvalue weighted by Gasteiger charge is -2.09. The second kappa shape index (κ2) is 8.05. The third kappa shape index (κ3) is 3.93. The molecule has 166 valence electrons. The van der Waals surface area contributed by atoms with E-state index >= 15 is 0 Å². The average molecular weight is 456 g/mol. The Kier molecular flexibility index (Phi) is 5.72. The van der Waals surface area contributed by atoms with Gasteiger partial charge in [-0.3, -0.25) is 60.7 Å². The maximum Gasteiger partial charge on any atom is 0.367 e. The molecule has 0 spiro atoms. The first-order valence-corrected chi connectivity index (χ1v) is 7.40. The van der Waals surface area contributed by atoms with Gasteiger partial charge in [0.15, 0.2) is 0 Å². The topological polar surface area (TPSA) is 288 Å². The SMILES string of the molecule is O=[N+]([O-])c1cc([N+](=O)[O-])c(Oc2c([N+](=O)[O-])cc([N+](=O)[O-])c(O)c2[N+](=O)[O-])c([N+](=O)[O-])c1. The number of hydrogen-bond acceptors (Lipinski definition) is 14. The molecule has 0 aromatic heterocycles. The minimum Gasteiger partial charge on any atom is -0.497 e. The third-order valence-corrected chi connectivity index (χ3v) is 3.61. The molecule has 0 aliphatic heterocycles. The zero-order valence-corrected chi connectivity index (χ0v) is 14.7. The molecule has 0 atom stereocenters. The Morgan fingerprint density at radius 2 is 0.969 bits per heavy atom. The summed E-state index contributed by atoms with van der Waals surface area (Å²) in [5.74, 6) is -4.90. The van der Waals surface area contributed by atoms with E-state index in [0.717, 1.165) is 0 Å². The number of phenols is 1. The molecule has 0 fully saturated rings. The van der Waals surface area contributed by atoms with Crippen LogP contribution in [0.2, 0.25) is 0 Å². The summed E-state index contributed by atoms with van der Waals surface area (Å²) in [6.45, 7) is 0. The predicted octanol–water partition coefficient (Wildman–Crippen LogP) is 2.63. The second-order valence-electron chi connectivity index (χ2n) is 5.40. The van der Waals surface area contributed by atoms with Gasteiger partial charge in [-0.05, 0) is 0 Å². The van der Waals surface area contributed by atoms with Crippen LogP contribution in [0, 0.1) is 60.7 Å². The van der Waals surface area contributed by atoms with Crippen LogP contribution < -0.4 is 4.74 Å². The number of hydrogen-bond donors (Lipinski definition) is 1. The van der Waals surface area contributed by atoms with Crippen LogP contribution in [0.15, 0.2) is 18.2 Å². The van der Waals surface area contributed by atoms with E-state index in [4.69, 9.17) is 4.74 Å². The largest absolute Gasteiger partial charge is 0.497 e. The number of non-ortho nitro benzene ring substituents is 1. The van der Waals surface area contributed by atoms with Crippen molar-refractivity contribution in [1.29, 1.82) is 0 Å². The molecule has 2 rings (SSSR count). The monoisotopic (exact) mass is 456 g/mol. The van der Waals surface area contributed by atoms with Crippen LogP contribution in [-0.4, -0.2) is 34.6 Å². The van der Waals surface area contributed by atoms with Gasteiger partial charge in [0.05, 0.1) is 41.7 Å². The number of nitro groups is 6. The Morgan fingerprint density at radius 3 is 1.31 bits per heavy atom. The quantitative estimate of drug-likeness (QED) is 0.441. The molecular formula is C12H4N6O14. The Bertz CT molecular complexity index is 1200. The van der Waals surface area contributed by atoms with Gasteiger partial charge < -0.3 is 9.84 Å². The molecular weight excluding hydrogens is 452 g/mol. The summed E-state index contributed by atoms with van der Waals surface area (Å²) in [4.78, 5) is 58.5. The highest BCUT2D eigenvalue weighted by Crippen LogP contribution is 2.52. The highest BCUT2D eigenvalue weighted by molar-refractivity contribution is 5.76. The molecule has 0 aliphatic rings. The summed E-state index contributed by atoms with van der Waals surface area (Å²) < 4.78 is 4.73. The predicted molar refractivity (Wildman–Crippen MR) is 94.5 cm³/mol. The van der Waals surface area contributed by atoms with Gasteiger partial charge in [-0.2, -0.15) is 0 Å². The van der Waals surface area contributed by atoms with Crippen LogP contribution >= 0.6 is 0 Å². The average Bonchev–Trinajstić information content (AvgIpc) is 2.66. The second-order valence-corrected chi connectivity index (χ2v) is 5.40. The van der Waals surface area contributed by atoms with E-state index in [1.165, 1.54) is 0 Å². The summed E-state index contributed by atoms with van der Waals surface area (Å²) in [6, 6.07) is 0.358. The number of benzene rings is 2.